The van der Waals surface area contributed by atoms with Gasteiger partial charge in [-0.05, 0) is 18.2 Å². The minimum Gasteiger partial charge on any atom is -0.312 e. The summed E-state index contributed by atoms with van der Waals surface area (Å²) in [7, 11) is 0. The van der Waals surface area contributed by atoms with Crippen LogP contribution in [0, 0.1) is 28.5 Å². The molecule has 0 saturated heterocycles. The molecule has 0 N–H and O–H groups in total. The van der Waals surface area contributed by atoms with E-state index in [0.29, 0.717) is 4.47 Å². The predicted molar refractivity (Wildman–Crippen MR) is 61.2 cm³/mol. The van der Waals surface area contributed by atoms with Crippen molar-refractivity contribution in [2.75, 3.05) is 13.1 Å². The number of rotatable bonds is 3. The zero-order valence-corrected chi connectivity index (χ0v) is 10.2. The molecular weight excluding hydrogens is 289 g/mol. The molecule has 0 heterocycles. The molecule has 0 aliphatic carbocycles. The van der Waals surface area contributed by atoms with Crippen LogP contribution in [0.15, 0.2) is 22.7 Å². The number of carbonyl (C=O) groups is 1. The molecule has 0 aromatic heterocycles. The highest BCUT2D eigenvalue weighted by atomic mass is 79.9. The van der Waals surface area contributed by atoms with Crippen LogP contribution in [-0.2, 0) is 0 Å². The standard InChI is InChI=1S/C11H7BrFN3O/c12-8-1-2-10(13)9(7-8)11(17)16(5-3-14)6-4-15/h1-2,7H,5-6H2. The van der Waals surface area contributed by atoms with Crippen LogP contribution in [0.3, 0.4) is 0 Å². The summed E-state index contributed by atoms with van der Waals surface area (Å²) in [5, 5.41) is 17.1. The molecule has 0 unspecified atom stereocenters. The molecule has 0 atom stereocenters. The summed E-state index contributed by atoms with van der Waals surface area (Å²) in [5.74, 6) is -1.36. The van der Waals surface area contributed by atoms with Gasteiger partial charge in [-0.25, -0.2) is 4.39 Å². The molecule has 0 spiro atoms. The Balaban J connectivity index is 3.06. The Hall–Kier alpha value is -1.92. The average Bonchev–Trinajstić information content (AvgIpc) is 2.31. The number of amides is 1. The van der Waals surface area contributed by atoms with Crippen LogP contribution < -0.4 is 0 Å². The topological polar surface area (TPSA) is 67.9 Å². The van der Waals surface area contributed by atoms with Crippen molar-refractivity contribution in [3.05, 3.63) is 34.1 Å². The number of benzene rings is 1. The number of hydrogen-bond donors (Lipinski definition) is 0. The van der Waals surface area contributed by atoms with Crippen molar-refractivity contribution in [2.24, 2.45) is 0 Å². The Labute approximate surface area is 106 Å². The van der Waals surface area contributed by atoms with Crippen molar-refractivity contribution in [3.63, 3.8) is 0 Å². The Morgan fingerprint density at radius 2 is 1.94 bits per heavy atom. The molecule has 0 fully saturated rings. The second-order valence-electron chi connectivity index (χ2n) is 3.10. The first-order valence-corrected chi connectivity index (χ1v) is 5.37. The summed E-state index contributed by atoms with van der Waals surface area (Å²) in [6, 6.07) is 7.44. The predicted octanol–water partition coefficient (Wildman–Crippen LogP) is 2.08. The molecule has 1 aromatic rings. The average molecular weight is 296 g/mol. The van der Waals surface area contributed by atoms with Crippen molar-refractivity contribution >= 4 is 21.8 Å². The molecule has 0 saturated carbocycles. The van der Waals surface area contributed by atoms with Gasteiger partial charge >= 0.3 is 0 Å². The second-order valence-corrected chi connectivity index (χ2v) is 4.02. The number of nitriles is 2. The highest BCUT2D eigenvalue weighted by Crippen LogP contribution is 2.17. The third-order valence-electron chi connectivity index (χ3n) is 1.97. The molecule has 1 rings (SSSR count). The molecule has 86 valence electrons. The molecular formula is C11H7BrFN3O. The van der Waals surface area contributed by atoms with Crippen LogP contribution in [0.1, 0.15) is 10.4 Å². The summed E-state index contributed by atoms with van der Waals surface area (Å²) in [6.45, 7) is -0.503. The SMILES string of the molecule is N#CCN(CC#N)C(=O)c1cc(Br)ccc1F. The van der Waals surface area contributed by atoms with E-state index in [-0.39, 0.29) is 18.7 Å². The van der Waals surface area contributed by atoms with Crippen LogP contribution in [0.4, 0.5) is 4.39 Å². The lowest BCUT2D eigenvalue weighted by molar-refractivity contribution is 0.0790. The number of hydrogen-bond acceptors (Lipinski definition) is 3. The molecule has 1 amide bonds. The maximum Gasteiger partial charge on any atom is 0.258 e. The largest absolute Gasteiger partial charge is 0.312 e. The van der Waals surface area contributed by atoms with E-state index in [1.807, 2.05) is 0 Å². The Bertz CT molecular complexity index is 502. The maximum atomic E-state index is 13.4. The third-order valence-corrected chi connectivity index (χ3v) is 2.46. The first-order valence-electron chi connectivity index (χ1n) is 4.58. The van der Waals surface area contributed by atoms with Gasteiger partial charge in [0.05, 0.1) is 17.7 Å². The van der Waals surface area contributed by atoms with Crippen LogP contribution in [0.5, 0.6) is 0 Å². The van der Waals surface area contributed by atoms with E-state index in [0.717, 1.165) is 11.0 Å². The molecule has 4 nitrogen and oxygen atoms in total. The molecule has 0 aliphatic rings. The number of halogens is 2. The van der Waals surface area contributed by atoms with Crippen LogP contribution >= 0.6 is 15.9 Å². The minimum atomic E-state index is -0.681. The van der Waals surface area contributed by atoms with Gasteiger partial charge in [0.25, 0.3) is 5.91 Å². The van der Waals surface area contributed by atoms with Crippen molar-refractivity contribution < 1.29 is 9.18 Å². The van der Waals surface area contributed by atoms with Gasteiger partial charge in [0, 0.05) is 4.47 Å². The minimum absolute atomic E-state index is 0.162. The fraction of sp³-hybridized carbons (Fsp3) is 0.182. The first-order chi connectivity index (χ1) is 8.10. The van der Waals surface area contributed by atoms with E-state index in [4.69, 9.17) is 10.5 Å². The summed E-state index contributed by atoms with van der Waals surface area (Å²) in [6.07, 6.45) is 0. The summed E-state index contributed by atoms with van der Waals surface area (Å²) in [4.78, 5) is 12.8. The molecule has 6 heteroatoms. The summed E-state index contributed by atoms with van der Waals surface area (Å²) >= 11 is 3.12. The second kappa shape index (κ2) is 5.97. The van der Waals surface area contributed by atoms with Gasteiger partial charge in [0.1, 0.15) is 18.9 Å². The lowest BCUT2D eigenvalue weighted by Gasteiger charge is -2.16. The van der Waals surface area contributed by atoms with Crippen LogP contribution in [-0.4, -0.2) is 23.9 Å². The quantitative estimate of drug-likeness (QED) is 0.802. The highest BCUT2D eigenvalue weighted by molar-refractivity contribution is 9.10. The van der Waals surface area contributed by atoms with Gasteiger partial charge in [-0.3, -0.25) is 4.79 Å². The van der Waals surface area contributed by atoms with E-state index in [9.17, 15) is 9.18 Å². The van der Waals surface area contributed by atoms with E-state index in [1.54, 1.807) is 12.1 Å². The van der Waals surface area contributed by atoms with E-state index >= 15 is 0 Å². The first kappa shape index (κ1) is 13.1. The van der Waals surface area contributed by atoms with Gasteiger partial charge in [0.2, 0.25) is 0 Å². The normalized spacial score (nSPS) is 9.18. The summed E-state index contributed by atoms with van der Waals surface area (Å²) in [5.41, 5.74) is -0.162. The van der Waals surface area contributed by atoms with Crippen molar-refractivity contribution in [3.8, 4) is 12.1 Å². The van der Waals surface area contributed by atoms with Gasteiger partial charge < -0.3 is 4.90 Å². The van der Waals surface area contributed by atoms with Crippen LogP contribution in [0.25, 0.3) is 0 Å². The van der Waals surface area contributed by atoms with Gasteiger partial charge in [0.15, 0.2) is 0 Å². The van der Waals surface area contributed by atoms with Gasteiger partial charge in [-0.15, -0.1) is 0 Å². The Morgan fingerprint density at radius 3 is 2.47 bits per heavy atom. The molecule has 0 aliphatic heterocycles. The number of carbonyl (C=O) groups excluding carboxylic acids is 1. The fourth-order valence-corrected chi connectivity index (χ4v) is 1.56. The van der Waals surface area contributed by atoms with Crippen LogP contribution in [0.2, 0.25) is 0 Å². The molecule has 0 bridgehead atoms. The smallest absolute Gasteiger partial charge is 0.258 e. The Morgan fingerprint density at radius 1 is 1.35 bits per heavy atom. The summed E-state index contributed by atoms with van der Waals surface area (Å²) < 4.78 is 14.0. The molecule has 17 heavy (non-hydrogen) atoms. The Kier molecular flexibility index (Phi) is 4.62. The lowest BCUT2D eigenvalue weighted by Crippen LogP contribution is -2.32. The lowest BCUT2D eigenvalue weighted by atomic mass is 10.2. The zero-order chi connectivity index (χ0) is 12.8. The zero-order valence-electron chi connectivity index (χ0n) is 8.65. The third kappa shape index (κ3) is 3.27. The van der Waals surface area contributed by atoms with Crippen molar-refractivity contribution in [1.82, 2.24) is 4.90 Å². The van der Waals surface area contributed by atoms with Crippen molar-refractivity contribution in [1.29, 1.82) is 10.5 Å². The molecule has 1 aromatic carbocycles. The van der Waals surface area contributed by atoms with Crippen molar-refractivity contribution in [2.45, 2.75) is 0 Å². The van der Waals surface area contributed by atoms with E-state index in [1.165, 1.54) is 12.1 Å². The maximum absolute atomic E-state index is 13.4. The van der Waals surface area contributed by atoms with E-state index in [2.05, 4.69) is 15.9 Å². The molecule has 0 radical (unpaired) electrons. The van der Waals surface area contributed by atoms with E-state index < -0.39 is 11.7 Å². The van der Waals surface area contributed by atoms with Gasteiger partial charge in [-0.1, -0.05) is 15.9 Å². The number of nitrogens with zero attached hydrogens (tertiary/aromatic N) is 3. The monoisotopic (exact) mass is 295 g/mol. The van der Waals surface area contributed by atoms with Gasteiger partial charge in [-0.2, -0.15) is 10.5 Å². The fourth-order valence-electron chi connectivity index (χ4n) is 1.20. The highest BCUT2D eigenvalue weighted by Gasteiger charge is 2.19.